The summed E-state index contributed by atoms with van der Waals surface area (Å²) >= 11 is 12.0. The fraction of sp³-hybridized carbons (Fsp3) is 0.650. The van der Waals surface area contributed by atoms with Gasteiger partial charge in [0, 0.05) is 0 Å². The monoisotopic (exact) mass is 503 g/mol. The number of hydrogen-bond acceptors (Lipinski definition) is 9. The molecule has 0 spiro atoms. The number of ether oxygens (including phenoxy) is 2. The highest BCUT2D eigenvalue weighted by molar-refractivity contribution is 6.35. The summed E-state index contributed by atoms with van der Waals surface area (Å²) in [4.78, 5) is 38.7. The topological polar surface area (TPSA) is 140 Å². The molecule has 0 aromatic carbocycles. The molecule has 2 amide bonds. The minimum atomic E-state index is -1.50. The number of imide groups is 1. The van der Waals surface area contributed by atoms with Crippen molar-refractivity contribution in [3.05, 3.63) is 16.8 Å². The van der Waals surface area contributed by atoms with Crippen LogP contribution in [0.4, 0.5) is 9.59 Å². The zero-order chi connectivity index (χ0) is 24.9. The molecule has 0 aliphatic heterocycles. The summed E-state index contributed by atoms with van der Waals surface area (Å²) in [6.07, 6.45) is -3.55. The van der Waals surface area contributed by atoms with Crippen molar-refractivity contribution in [3.8, 4) is 0 Å². The number of carbonyl (C=O) groups excluding carboxylic acids is 2. The molecule has 1 aliphatic carbocycles. The fourth-order valence-corrected chi connectivity index (χ4v) is 4.01. The van der Waals surface area contributed by atoms with Gasteiger partial charge in [0.25, 0.3) is 0 Å². The molecule has 2 heterocycles. The predicted molar refractivity (Wildman–Crippen MR) is 119 cm³/mol. The van der Waals surface area contributed by atoms with Crippen LogP contribution < -0.4 is 0 Å². The first kappa shape index (κ1) is 25.4. The zero-order valence-corrected chi connectivity index (χ0v) is 20.6. The highest BCUT2D eigenvalue weighted by atomic mass is 35.5. The van der Waals surface area contributed by atoms with E-state index in [4.69, 9.17) is 32.7 Å². The number of rotatable bonds is 2. The van der Waals surface area contributed by atoms with Crippen LogP contribution in [0.1, 0.15) is 54.0 Å². The molecule has 1 fully saturated rings. The number of hydrogen-bond donors (Lipinski definition) is 2. The average Bonchev–Trinajstić information content (AvgIpc) is 3.15. The van der Waals surface area contributed by atoms with Crippen LogP contribution in [0.15, 0.2) is 6.33 Å². The normalized spacial score (nSPS) is 23.6. The van der Waals surface area contributed by atoms with Gasteiger partial charge in [-0.3, -0.25) is 0 Å². The lowest BCUT2D eigenvalue weighted by Crippen LogP contribution is -2.52. The Morgan fingerprint density at radius 3 is 2.09 bits per heavy atom. The van der Waals surface area contributed by atoms with Crippen LogP contribution in [-0.2, 0) is 9.47 Å². The Morgan fingerprint density at radius 2 is 1.58 bits per heavy atom. The van der Waals surface area contributed by atoms with Gasteiger partial charge < -0.3 is 24.3 Å². The zero-order valence-electron chi connectivity index (χ0n) is 19.1. The van der Waals surface area contributed by atoms with Crippen LogP contribution in [0.25, 0.3) is 11.2 Å². The van der Waals surface area contributed by atoms with Gasteiger partial charge in [0.1, 0.15) is 28.9 Å². The molecule has 0 unspecified atom stereocenters. The van der Waals surface area contributed by atoms with Gasteiger partial charge in [-0.05, 0) is 59.6 Å². The summed E-state index contributed by atoms with van der Waals surface area (Å²) in [7, 11) is 0. The van der Waals surface area contributed by atoms with E-state index >= 15 is 0 Å². The largest absolute Gasteiger partial charge is 0.443 e. The van der Waals surface area contributed by atoms with Crippen LogP contribution in [0, 0.1) is 0 Å². The standard InChI is InChI=1S/C20H27Cl2N5O6/c1-19(2,3)32-17(30)27(18(31)33-20(4,5)6)10-7-9(12(28)13(10)29)26-8-23-11-14(21)24-16(22)25-15(11)26/h8-10,12-13,28-29H,7H2,1-6H3/t9-,10-,12-,13-/m1/s1. The molecule has 2 aromatic rings. The van der Waals surface area contributed by atoms with Crippen molar-refractivity contribution in [2.45, 2.75) is 83.5 Å². The van der Waals surface area contributed by atoms with Crippen LogP contribution in [-0.4, -0.2) is 76.3 Å². The molecule has 0 saturated heterocycles. The van der Waals surface area contributed by atoms with E-state index in [1.807, 2.05) is 0 Å². The summed E-state index contributed by atoms with van der Waals surface area (Å²) in [5, 5.41) is 21.6. The summed E-state index contributed by atoms with van der Waals surface area (Å²) in [5.41, 5.74) is -1.34. The minimum Gasteiger partial charge on any atom is -0.443 e. The van der Waals surface area contributed by atoms with Gasteiger partial charge in [0.2, 0.25) is 5.28 Å². The molecule has 2 aromatic heterocycles. The maximum atomic E-state index is 13.0. The Labute approximate surface area is 200 Å². The first-order valence-corrected chi connectivity index (χ1v) is 11.0. The number of amides is 2. The first-order chi connectivity index (χ1) is 15.1. The van der Waals surface area contributed by atoms with Gasteiger partial charge in [-0.15, -0.1) is 0 Å². The second-order valence-corrected chi connectivity index (χ2v) is 10.5. The van der Waals surface area contributed by atoms with Crippen molar-refractivity contribution in [1.29, 1.82) is 0 Å². The number of carbonyl (C=O) groups is 2. The van der Waals surface area contributed by atoms with E-state index in [1.165, 1.54) is 10.9 Å². The molecule has 33 heavy (non-hydrogen) atoms. The summed E-state index contributed by atoms with van der Waals surface area (Å²) in [5.74, 6) is 0. The molecule has 1 aliphatic rings. The molecule has 13 heteroatoms. The Balaban J connectivity index is 1.99. The van der Waals surface area contributed by atoms with Crippen molar-refractivity contribution >= 4 is 46.6 Å². The number of imidazole rings is 1. The fourth-order valence-electron chi connectivity index (χ4n) is 3.59. The highest BCUT2D eigenvalue weighted by Crippen LogP contribution is 2.37. The average molecular weight is 504 g/mol. The molecule has 182 valence electrons. The molecule has 2 N–H and O–H groups in total. The van der Waals surface area contributed by atoms with Crippen molar-refractivity contribution in [2.24, 2.45) is 0 Å². The Morgan fingerprint density at radius 1 is 1.03 bits per heavy atom. The third-order valence-corrected chi connectivity index (χ3v) is 5.27. The Bertz CT molecular complexity index is 1040. The van der Waals surface area contributed by atoms with E-state index in [-0.39, 0.29) is 28.0 Å². The highest BCUT2D eigenvalue weighted by Gasteiger charge is 2.50. The molecule has 0 radical (unpaired) electrons. The number of fused-ring (bicyclic) bond motifs is 1. The van der Waals surface area contributed by atoms with Gasteiger partial charge in [0.05, 0.1) is 18.4 Å². The van der Waals surface area contributed by atoms with Crippen LogP contribution in [0.2, 0.25) is 10.4 Å². The minimum absolute atomic E-state index is 0.0254. The number of halogens is 2. The molecular weight excluding hydrogens is 477 g/mol. The van der Waals surface area contributed by atoms with Gasteiger partial charge in [-0.25, -0.2) is 24.5 Å². The van der Waals surface area contributed by atoms with E-state index in [9.17, 15) is 19.8 Å². The molecular formula is C20H27Cl2N5O6. The van der Waals surface area contributed by atoms with E-state index in [2.05, 4.69) is 15.0 Å². The van der Waals surface area contributed by atoms with Crippen molar-refractivity contribution in [1.82, 2.24) is 24.4 Å². The van der Waals surface area contributed by atoms with Gasteiger partial charge in [-0.2, -0.15) is 4.98 Å². The maximum Gasteiger partial charge on any atom is 0.420 e. The third-order valence-electron chi connectivity index (χ3n) is 4.84. The Kier molecular flexibility index (Phi) is 6.82. The smallest absolute Gasteiger partial charge is 0.420 e. The van der Waals surface area contributed by atoms with Crippen LogP contribution in [0.5, 0.6) is 0 Å². The second-order valence-electron chi connectivity index (χ2n) is 9.79. The lowest BCUT2D eigenvalue weighted by Gasteiger charge is -2.33. The molecule has 1 saturated carbocycles. The van der Waals surface area contributed by atoms with Crippen LogP contribution in [0.3, 0.4) is 0 Å². The Hall–Kier alpha value is -2.21. The van der Waals surface area contributed by atoms with E-state index < -0.39 is 47.7 Å². The number of aliphatic hydroxyl groups is 2. The first-order valence-electron chi connectivity index (χ1n) is 10.3. The number of aliphatic hydroxyl groups excluding tert-OH is 2. The van der Waals surface area contributed by atoms with E-state index in [0.29, 0.717) is 4.90 Å². The van der Waals surface area contributed by atoms with Crippen molar-refractivity contribution in [3.63, 3.8) is 0 Å². The lowest BCUT2D eigenvalue weighted by atomic mass is 10.1. The summed E-state index contributed by atoms with van der Waals surface area (Å²) in [6, 6.07) is -1.97. The predicted octanol–water partition coefficient (Wildman–Crippen LogP) is 3.34. The summed E-state index contributed by atoms with van der Waals surface area (Å²) in [6.45, 7) is 9.87. The molecule has 0 bridgehead atoms. The van der Waals surface area contributed by atoms with Crippen LogP contribution >= 0.6 is 23.2 Å². The van der Waals surface area contributed by atoms with E-state index in [1.54, 1.807) is 41.5 Å². The lowest BCUT2D eigenvalue weighted by molar-refractivity contribution is -0.0349. The maximum absolute atomic E-state index is 13.0. The number of aromatic nitrogens is 4. The quantitative estimate of drug-likeness (QED) is 0.466. The third kappa shape index (κ3) is 5.48. The van der Waals surface area contributed by atoms with Gasteiger partial charge in [-0.1, -0.05) is 11.6 Å². The second kappa shape index (κ2) is 8.86. The van der Waals surface area contributed by atoms with Gasteiger partial charge in [0.15, 0.2) is 10.8 Å². The van der Waals surface area contributed by atoms with Crippen molar-refractivity contribution < 1.29 is 29.3 Å². The SMILES string of the molecule is CC(C)(C)OC(=O)N(C(=O)OC(C)(C)C)[C@@H]1C[C@@H](n2cnc3c(Cl)nc(Cl)nc32)[C@@H](O)[C@@H]1O. The molecule has 4 atom stereocenters. The molecule has 3 rings (SSSR count). The molecule has 11 nitrogen and oxygen atoms in total. The summed E-state index contributed by atoms with van der Waals surface area (Å²) < 4.78 is 12.2. The number of nitrogens with zero attached hydrogens (tertiary/aromatic N) is 5. The van der Waals surface area contributed by atoms with E-state index in [0.717, 1.165) is 0 Å². The van der Waals surface area contributed by atoms with Crippen molar-refractivity contribution in [2.75, 3.05) is 0 Å². The van der Waals surface area contributed by atoms with Gasteiger partial charge >= 0.3 is 12.2 Å².